The van der Waals surface area contributed by atoms with Crippen molar-refractivity contribution in [2.24, 2.45) is 0 Å². The summed E-state index contributed by atoms with van der Waals surface area (Å²) in [5, 5.41) is 5.06. The lowest BCUT2D eigenvalue weighted by Crippen LogP contribution is -3.14. The highest BCUT2D eigenvalue weighted by atomic mass is 16.5. The zero-order valence-corrected chi connectivity index (χ0v) is 16.0. The van der Waals surface area contributed by atoms with Crippen LogP contribution in [0.1, 0.15) is 32.1 Å². The summed E-state index contributed by atoms with van der Waals surface area (Å²) in [5.74, 6) is 0.657. The predicted molar refractivity (Wildman–Crippen MR) is 108 cm³/mol. The quantitative estimate of drug-likeness (QED) is 0.727. The molecule has 3 aromatic rings. The van der Waals surface area contributed by atoms with Crippen LogP contribution in [0.15, 0.2) is 40.8 Å². The molecule has 0 bridgehead atoms. The fourth-order valence-corrected chi connectivity index (χ4v) is 4.21. The molecule has 5 nitrogen and oxygen atoms in total. The standard InChI is InChI=1S/C22H26N2O3/c1-24(15-8-4-3-5-9-15)14-22(25)23-18-13-20-17(12-21(18)26-2)16-10-6-7-11-19(16)27-20/h6-7,10-13,15H,3-5,8-9,14H2,1-2H3,(H,23,25)/p+1. The van der Waals surface area contributed by atoms with Crippen molar-refractivity contribution in [3.05, 3.63) is 36.4 Å². The van der Waals surface area contributed by atoms with Gasteiger partial charge in [-0.1, -0.05) is 24.6 Å². The van der Waals surface area contributed by atoms with Gasteiger partial charge in [-0.05, 0) is 37.8 Å². The second kappa shape index (κ2) is 7.61. The number of furan rings is 1. The Kier molecular flexibility index (Phi) is 5.03. The van der Waals surface area contributed by atoms with Crippen molar-refractivity contribution < 1.29 is 18.8 Å². The van der Waals surface area contributed by atoms with Gasteiger partial charge in [0.05, 0.1) is 25.9 Å². The normalized spacial score (nSPS) is 16.5. The molecular weight excluding hydrogens is 340 g/mol. The second-order valence-electron chi connectivity index (χ2n) is 7.55. The lowest BCUT2D eigenvalue weighted by molar-refractivity contribution is -0.899. The summed E-state index contributed by atoms with van der Waals surface area (Å²) in [6, 6.07) is 12.3. The van der Waals surface area contributed by atoms with E-state index in [0.717, 1.165) is 21.9 Å². The number of hydrogen-bond acceptors (Lipinski definition) is 3. The Bertz CT molecular complexity index is 957. The average Bonchev–Trinajstić information content (AvgIpc) is 3.05. The molecule has 1 amide bonds. The number of amides is 1. The van der Waals surface area contributed by atoms with E-state index in [-0.39, 0.29) is 5.91 Å². The number of likely N-dealkylation sites (N-methyl/N-ethyl adjacent to an activating group) is 1. The molecule has 0 spiro atoms. The molecule has 1 aromatic heterocycles. The van der Waals surface area contributed by atoms with E-state index in [1.54, 1.807) is 7.11 Å². The van der Waals surface area contributed by atoms with Gasteiger partial charge in [0.25, 0.3) is 5.91 Å². The topological polar surface area (TPSA) is 55.9 Å². The molecule has 1 atom stereocenters. The molecule has 1 unspecified atom stereocenters. The number of quaternary nitrogens is 1. The Morgan fingerprint density at radius 3 is 2.70 bits per heavy atom. The smallest absolute Gasteiger partial charge is 0.279 e. The summed E-state index contributed by atoms with van der Waals surface area (Å²) in [4.78, 5) is 13.9. The summed E-state index contributed by atoms with van der Waals surface area (Å²) in [5.41, 5.74) is 2.24. The number of fused-ring (bicyclic) bond motifs is 3. The zero-order chi connectivity index (χ0) is 18.8. The van der Waals surface area contributed by atoms with Crippen LogP contribution in [0, 0.1) is 0 Å². The van der Waals surface area contributed by atoms with Crippen molar-refractivity contribution >= 4 is 33.5 Å². The Morgan fingerprint density at radius 2 is 1.93 bits per heavy atom. The van der Waals surface area contributed by atoms with Gasteiger partial charge in [0.15, 0.2) is 6.54 Å². The number of carbonyl (C=O) groups is 1. The first-order valence-corrected chi connectivity index (χ1v) is 9.77. The van der Waals surface area contributed by atoms with E-state index in [2.05, 4.69) is 12.4 Å². The van der Waals surface area contributed by atoms with Crippen molar-refractivity contribution in [2.75, 3.05) is 26.0 Å². The Morgan fingerprint density at radius 1 is 1.15 bits per heavy atom. The highest BCUT2D eigenvalue weighted by Gasteiger charge is 2.24. The molecule has 0 radical (unpaired) electrons. The number of ether oxygens (including phenoxy) is 1. The van der Waals surface area contributed by atoms with E-state index in [0.29, 0.717) is 24.0 Å². The van der Waals surface area contributed by atoms with Gasteiger partial charge in [-0.2, -0.15) is 0 Å². The molecule has 2 aromatic carbocycles. The number of benzene rings is 2. The summed E-state index contributed by atoms with van der Waals surface area (Å²) in [6.45, 7) is 0.464. The number of nitrogens with one attached hydrogen (secondary N) is 2. The van der Waals surface area contributed by atoms with E-state index >= 15 is 0 Å². The van der Waals surface area contributed by atoms with E-state index in [9.17, 15) is 4.79 Å². The van der Waals surface area contributed by atoms with Gasteiger partial charge in [0.1, 0.15) is 16.9 Å². The Balaban J connectivity index is 1.55. The molecular formula is C22H27N2O3+. The molecule has 5 heteroatoms. The van der Waals surface area contributed by atoms with Gasteiger partial charge < -0.3 is 19.4 Å². The first-order valence-electron chi connectivity index (χ1n) is 9.77. The van der Waals surface area contributed by atoms with Crippen LogP contribution in [0.5, 0.6) is 5.75 Å². The van der Waals surface area contributed by atoms with E-state index in [1.807, 2.05) is 36.4 Å². The van der Waals surface area contributed by atoms with Crippen molar-refractivity contribution in [1.29, 1.82) is 0 Å². The molecule has 142 valence electrons. The summed E-state index contributed by atoms with van der Waals surface area (Å²) >= 11 is 0. The maximum Gasteiger partial charge on any atom is 0.279 e. The first kappa shape index (κ1) is 17.9. The average molecular weight is 367 g/mol. The molecule has 1 heterocycles. The van der Waals surface area contributed by atoms with Crippen LogP contribution in [0.3, 0.4) is 0 Å². The van der Waals surface area contributed by atoms with Gasteiger partial charge in [-0.15, -0.1) is 0 Å². The van der Waals surface area contributed by atoms with Crippen LogP contribution in [0.2, 0.25) is 0 Å². The number of hydrogen-bond donors (Lipinski definition) is 2. The SMILES string of the molecule is COc1cc2c(cc1NC(=O)C[NH+](C)C1CCCCC1)oc1ccccc12. The van der Waals surface area contributed by atoms with Gasteiger partial charge >= 0.3 is 0 Å². The van der Waals surface area contributed by atoms with Crippen molar-refractivity contribution in [3.8, 4) is 5.75 Å². The zero-order valence-electron chi connectivity index (χ0n) is 16.0. The number of rotatable bonds is 5. The third-order valence-electron chi connectivity index (χ3n) is 5.71. The Labute approximate surface area is 159 Å². The first-order chi connectivity index (χ1) is 13.2. The van der Waals surface area contributed by atoms with Gasteiger partial charge in [0, 0.05) is 16.8 Å². The van der Waals surface area contributed by atoms with Crippen LogP contribution >= 0.6 is 0 Å². The molecule has 1 saturated carbocycles. The van der Waals surface area contributed by atoms with Gasteiger partial charge in [-0.3, -0.25) is 4.79 Å². The lowest BCUT2D eigenvalue weighted by atomic mass is 9.94. The molecule has 1 aliphatic carbocycles. The van der Waals surface area contributed by atoms with Crippen LogP contribution < -0.4 is 15.0 Å². The van der Waals surface area contributed by atoms with Crippen LogP contribution in [-0.2, 0) is 4.79 Å². The minimum atomic E-state index is 0.00633. The largest absolute Gasteiger partial charge is 0.495 e. The fourth-order valence-electron chi connectivity index (χ4n) is 4.21. The Hall–Kier alpha value is -2.53. The van der Waals surface area contributed by atoms with Crippen molar-refractivity contribution in [1.82, 2.24) is 0 Å². The number of anilines is 1. The highest BCUT2D eigenvalue weighted by Crippen LogP contribution is 2.36. The molecule has 27 heavy (non-hydrogen) atoms. The minimum Gasteiger partial charge on any atom is -0.495 e. The van der Waals surface area contributed by atoms with E-state index in [1.165, 1.54) is 37.0 Å². The molecule has 4 rings (SSSR count). The third-order valence-corrected chi connectivity index (χ3v) is 5.71. The van der Waals surface area contributed by atoms with Gasteiger partial charge in [0.2, 0.25) is 0 Å². The summed E-state index contributed by atoms with van der Waals surface area (Å²) in [6.07, 6.45) is 6.31. The number of para-hydroxylation sites is 1. The molecule has 1 aliphatic rings. The lowest BCUT2D eigenvalue weighted by Gasteiger charge is -2.27. The van der Waals surface area contributed by atoms with Crippen molar-refractivity contribution in [3.63, 3.8) is 0 Å². The third kappa shape index (κ3) is 3.65. The highest BCUT2D eigenvalue weighted by molar-refractivity contribution is 6.07. The molecule has 0 saturated heterocycles. The predicted octanol–water partition coefficient (Wildman–Crippen LogP) is 3.38. The van der Waals surface area contributed by atoms with Crippen LogP contribution in [-0.4, -0.2) is 32.7 Å². The van der Waals surface area contributed by atoms with E-state index < -0.39 is 0 Å². The maximum absolute atomic E-state index is 12.6. The molecule has 1 fully saturated rings. The summed E-state index contributed by atoms with van der Waals surface area (Å²) in [7, 11) is 3.74. The van der Waals surface area contributed by atoms with Crippen LogP contribution in [0.4, 0.5) is 5.69 Å². The molecule has 2 N–H and O–H groups in total. The van der Waals surface area contributed by atoms with Gasteiger partial charge in [-0.25, -0.2) is 0 Å². The fraction of sp³-hybridized carbons (Fsp3) is 0.409. The molecule has 0 aliphatic heterocycles. The minimum absolute atomic E-state index is 0.00633. The van der Waals surface area contributed by atoms with E-state index in [4.69, 9.17) is 9.15 Å². The monoisotopic (exact) mass is 367 g/mol. The van der Waals surface area contributed by atoms with Crippen molar-refractivity contribution in [2.45, 2.75) is 38.1 Å². The number of carbonyl (C=O) groups excluding carboxylic acids is 1. The summed E-state index contributed by atoms with van der Waals surface area (Å²) < 4.78 is 11.5. The maximum atomic E-state index is 12.6. The van der Waals surface area contributed by atoms with Crippen LogP contribution in [0.25, 0.3) is 21.9 Å². The number of methoxy groups -OCH3 is 1. The second-order valence-corrected chi connectivity index (χ2v) is 7.55.